The number of benzene rings is 1. The van der Waals surface area contributed by atoms with Gasteiger partial charge < -0.3 is 19.9 Å². The molecule has 1 unspecified atom stereocenters. The zero-order chi connectivity index (χ0) is 16.6. The maximum atomic E-state index is 11.3. The van der Waals surface area contributed by atoms with Gasteiger partial charge in [0, 0.05) is 23.8 Å². The van der Waals surface area contributed by atoms with Crippen LogP contribution in [-0.2, 0) is 4.74 Å². The lowest BCUT2D eigenvalue weighted by Gasteiger charge is -2.23. The summed E-state index contributed by atoms with van der Waals surface area (Å²) in [6, 6.07) is 6.94. The van der Waals surface area contributed by atoms with Crippen LogP contribution in [0.4, 0.5) is 10.5 Å². The predicted molar refractivity (Wildman–Crippen MR) is 86.3 cm³/mol. The van der Waals surface area contributed by atoms with Gasteiger partial charge in [0.15, 0.2) is 0 Å². The number of aliphatic hydroxyl groups excluding tert-OH is 1. The van der Waals surface area contributed by atoms with Crippen molar-refractivity contribution in [3.05, 3.63) is 24.3 Å². The van der Waals surface area contributed by atoms with Crippen molar-refractivity contribution in [3.8, 4) is 5.75 Å². The SMILES string of the molecule is CCOC(=O)Nc1cccc(OCC(O)CNC(C)(C)C)c1. The predicted octanol–water partition coefficient (Wildman–Crippen LogP) is 2.38. The molecule has 1 atom stereocenters. The van der Waals surface area contributed by atoms with Gasteiger partial charge in [0.05, 0.1) is 6.61 Å². The number of ether oxygens (including phenoxy) is 2. The molecule has 1 aromatic carbocycles. The molecular formula is C16H26N2O4. The van der Waals surface area contributed by atoms with Crippen LogP contribution in [0.1, 0.15) is 27.7 Å². The minimum Gasteiger partial charge on any atom is -0.491 e. The van der Waals surface area contributed by atoms with Gasteiger partial charge >= 0.3 is 6.09 Å². The van der Waals surface area contributed by atoms with E-state index in [2.05, 4.69) is 10.6 Å². The summed E-state index contributed by atoms with van der Waals surface area (Å²) >= 11 is 0. The Morgan fingerprint density at radius 2 is 2.09 bits per heavy atom. The molecular weight excluding hydrogens is 284 g/mol. The molecule has 0 saturated carbocycles. The quantitative estimate of drug-likeness (QED) is 0.720. The number of rotatable bonds is 7. The summed E-state index contributed by atoms with van der Waals surface area (Å²) in [7, 11) is 0. The third-order valence-electron chi connectivity index (χ3n) is 2.67. The molecule has 3 N–H and O–H groups in total. The second kappa shape index (κ2) is 8.60. The van der Waals surface area contributed by atoms with Crippen LogP contribution in [0.25, 0.3) is 0 Å². The van der Waals surface area contributed by atoms with Crippen LogP contribution in [0.5, 0.6) is 5.75 Å². The molecule has 0 spiro atoms. The first-order chi connectivity index (χ1) is 10.3. The summed E-state index contributed by atoms with van der Waals surface area (Å²) in [5.74, 6) is 0.573. The number of nitrogens with one attached hydrogen (secondary N) is 2. The summed E-state index contributed by atoms with van der Waals surface area (Å²) in [5, 5.41) is 15.7. The Hall–Kier alpha value is -1.79. The summed E-state index contributed by atoms with van der Waals surface area (Å²) in [6.07, 6.45) is -1.12. The lowest BCUT2D eigenvalue weighted by atomic mass is 10.1. The van der Waals surface area contributed by atoms with E-state index in [0.29, 0.717) is 24.6 Å². The fourth-order valence-electron chi connectivity index (χ4n) is 1.62. The zero-order valence-electron chi connectivity index (χ0n) is 13.7. The smallest absolute Gasteiger partial charge is 0.411 e. The molecule has 0 bridgehead atoms. The van der Waals surface area contributed by atoms with E-state index >= 15 is 0 Å². The molecule has 0 aliphatic carbocycles. The molecule has 1 aromatic rings. The highest BCUT2D eigenvalue weighted by molar-refractivity contribution is 5.84. The molecule has 1 rings (SSSR count). The maximum absolute atomic E-state index is 11.3. The van der Waals surface area contributed by atoms with E-state index in [1.165, 1.54) is 0 Å². The van der Waals surface area contributed by atoms with Crippen molar-refractivity contribution in [1.82, 2.24) is 5.32 Å². The van der Waals surface area contributed by atoms with E-state index in [-0.39, 0.29) is 12.1 Å². The normalized spacial score (nSPS) is 12.6. The van der Waals surface area contributed by atoms with E-state index < -0.39 is 12.2 Å². The largest absolute Gasteiger partial charge is 0.491 e. The Morgan fingerprint density at radius 3 is 2.73 bits per heavy atom. The summed E-state index contributed by atoms with van der Waals surface area (Å²) < 4.78 is 10.3. The molecule has 0 aromatic heterocycles. The van der Waals surface area contributed by atoms with Crippen molar-refractivity contribution in [2.45, 2.75) is 39.3 Å². The topological polar surface area (TPSA) is 79.8 Å². The lowest BCUT2D eigenvalue weighted by Crippen LogP contribution is -2.42. The first kappa shape index (κ1) is 18.3. The molecule has 22 heavy (non-hydrogen) atoms. The van der Waals surface area contributed by atoms with E-state index in [1.54, 1.807) is 31.2 Å². The van der Waals surface area contributed by atoms with E-state index in [1.807, 2.05) is 20.8 Å². The van der Waals surface area contributed by atoms with Gasteiger partial charge in [-0.25, -0.2) is 4.79 Å². The van der Waals surface area contributed by atoms with Crippen molar-refractivity contribution in [3.63, 3.8) is 0 Å². The Balaban J connectivity index is 2.44. The number of carbonyl (C=O) groups excluding carboxylic acids is 1. The molecule has 0 aliphatic heterocycles. The monoisotopic (exact) mass is 310 g/mol. The average molecular weight is 310 g/mol. The van der Waals surface area contributed by atoms with Crippen LogP contribution in [0.15, 0.2) is 24.3 Å². The molecule has 6 heteroatoms. The highest BCUT2D eigenvalue weighted by atomic mass is 16.5. The van der Waals surface area contributed by atoms with E-state index in [4.69, 9.17) is 9.47 Å². The first-order valence-corrected chi connectivity index (χ1v) is 7.40. The van der Waals surface area contributed by atoms with Gasteiger partial charge in [-0.05, 0) is 39.8 Å². The third kappa shape index (κ3) is 7.85. The van der Waals surface area contributed by atoms with Crippen molar-refractivity contribution in [2.75, 3.05) is 25.1 Å². The van der Waals surface area contributed by atoms with Crippen molar-refractivity contribution in [2.24, 2.45) is 0 Å². The second-order valence-corrected chi connectivity index (χ2v) is 5.97. The number of carbonyl (C=O) groups is 1. The highest BCUT2D eigenvalue weighted by Gasteiger charge is 2.12. The second-order valence-electron chi connectivity index (χ2n) is 5.97. The van der Waals surface area contributed by atoms with Crippen LogP contribution in [0.2, 0.25) is 0 Å². The van der Waals surface area contributed by atoms with Gasteiger partial charge in [-0.3, -0.25) is 5.32 Å². The minimum atomic E-state index is -0.610. The molecule has 0 saturated heterocycles. The van der Waals surface area contributed by atoms with Gasteiger partial charge in [-0.1, -0.05) is 6.07 Å². The number of anilines is 1. The van der Waals surface area contributed by atoms with Gasteiger partial charge in [0.1, 0.15) is 18.5 Å². The van der Waals surface area contributed by atoms with Gasteiger partial charge in [0.2, 0.25) is 0 Å². The number of hydrogen-bond acceptors (Lipinski definition) is 5. The van der Waals surface area contributed by atoms with Gasteiger partial charge in [-0.15, -0.1) is 0 Å². The molecule has 6 nitrogen and oxygen atoms in total. The van der Waals surface area contributed by atoms with E-state index in [0.717, 1.165) is 0 Å². The molecule has 0 fully saturated rings. The Bertz CT molecular complexity index is 471. The fourth-order valence-corrected chi connectivity index (χ4v) is 1.62. The summed E-state index contributed by atoms with van der Waals surface area (Å²) in [4.78, 5) is 11.3. The third-order valence-corrected chi connectivity index (χ3v) is 2.67. The number of hydrogen-bond donors (Lipinski definition) is 3. The minimum absolute atomic E-state index is 0.0511. The number of aliphatic hydroxyl groups is 1. The van der Waals surface area contributed by atoms with E-state index in [9.17, 15) is 9.90 Å². The van der Waals surface area contributed by atoms with Crippen molar-refractivity contribution >= 4 is 11.8 Å². The highest BCUT2D eigenvalue weighted by Crippen LogP contribution is 2.17. The molecule has 1 amide bonds. The Labute approximate surface area is 131 Å². The van der Waals surface area contributed by atoms with Gasteiger partial charge in [0.25, 0.3) is 0 Å². The molecule has 0 aliphatic rings. The molecule has 0 heterocycles. The Morgan fingerprint density at radius 1 is 1.36 bits per heavy atom. The molecule has 0 radical (unpaired) electrons. The molecule has 124 valence electrons. The van der Waals surface area contributed by atoms with Gasteiger partial charge in [-0.2, -0.15) is 0 Å². The first-order valence-electron chi connectivity index (χ1n) is 7.40. The Kier molecular flexibility index (Phi) is 7.14. The standard InChI is InChI=1S/C16H26N2O4/c1-5-21-15(20)18-12-7-6-8-14(9-12)22-11-13(19)10-17-16(2,3)4/h6-9,13,17,19H,5,10-11H2,1-4H3,(H,18,20). The summed E-state index contributed by atoms with van der Waals surface area (Å²) in [5.41, 5.74) is 0.531. The van der Waals surface area contributed by atoms with Crippen LogP contribution in [0.3, 0.4) is 0 Å². The number of amides is 1. The lowest BCUT2D eigenvalue weighted by molar-refractivity contribution is 0.100. The number of β-amino-alcohol motifs (C(OH)–C–C–N with tert-alkyl or cyclic N) is 1. The van der Waals surface area contributed by atoms with Crippen LogP contribution in [-0.4, -0.2) is 42.6 Å². The van der Waals surface area contributed by atoms with Crippen LogP contribution < -0.4 is 15.4 Å². The maximum Gasteiger partial charge on any atom is 0.411 e. The van der Waals surface area contributed by atoms with Crippen LogP contribution in [0, 0.1) is 0 Å². The fraction of sp³-hybridized carbons (Fsp3) is 0.562. The summed E-state index contributed by atoms with van der Waals surface area (Å²) in [6.45, 7) is 8.78. The van der Waals surface area contributed by atoms with Crippen molar-refractivity contribution < 1.29 is 19.4 Å². The zero-order valence-corrected chi connectivity index (χ0v) is 13.7. The average Bonchev–Trinajstić information content (AvgIpc) is 2.43. The van der Waals surface area contributed by atoms with Crippen LogP contribution >= 0.6 is 0 Å². The van der Waals surface area contributed by atoms with Crippen molar-refractivity contribution in [1.29, 1.82) is 0 Å².